The van der Waals surface area contributed by atoms with Gasteiger partial charge in [0.2, 0.25) is 0 Å². The van der Waals surface area contributed by atoms with E-state index in [-0.39, 0.29) is 6.61 Å². The number of aliphatic hydroxyl groups is 1. The Bertz CT molecular complexity index is 450. The molecule has 0 spiro atoms. The Kier molecular flexibility index (Phi) is 6.13. The van der Waals surface area contributed by atoms with Crippen LogP contribution in [0.5, 0.6) is 0 Å². The summed E-state index contributed by atoms with van der Waals surface area (Å²) in [7, 11) is 0. The molecule has 0 atom stereocenters. The molecular weight excluding hydrogens is 417 g/mol. The van der Waals surface area contributed by atoms with Crippen LogP contribution in [0.15, 0.2) is 27.9 Å². The normalized spacial score (nSPS) is 17.0. The van der Waals surface area contributed by atoms with Gasteiger partial charge >= 0.3 is 126 Å². The van der Waals surface area contributed by atoms with Crippen molar-refractivity contribution in [3.05, 3.63) is 41.1 Å². The van der Waals surface area contributed by atoms with E-state index in [1.165, 1.54) is 48.8 Å². The van der Waals surface area contributed by atoms with Gasteiger partial charge in [-0.1, -0.05) is 0 Å². The molecule has 0 radical (unpaired) electrons. The fourth-order valence-electron chi connectivity index (χ4n) is 2.94. The second-order valence-electron chi connectivity index (χ2n) is 5.17. The van der Waals surface area contributed by atoms with Crippen LogP contribution in [0.3, 0.4) is 0 Å². The summed E-state index contributed by atoms with van der Waals surface area (Å²) in [4.78, 5) is 0. The Hall–Kier alpha value is -0.592. The van der Waals surface area contributed by atoms with Crippen molar-refractivity contribution >= 4 is 6.08 Å². The van der Waals surface area contributed by atoms with Gasteiger partial charge in [-0.25, -0.2) is 0 Å². The Labute approximate surface area is 126 Å². The van der Waals surface area contributed by atoms with E-state index < -0.39 is 0 Å². The van der Waals surface area contributed by atoms with Crippen molar-refractivity contribution in [1.29, 1.82) is 0 Å². The van der Waals surface area contributed by atoms with E-state index in [0.29, 0.717) is 5.92 Å². The molecule has 0 bridgehead atoms. The summed E-state index contributed by atoms with van der Waals surface area (Å²) >= 11 is 1.99. The Morgan fingerprint density at radius 2 is 2.05 bits per heavy atom. The molecule has 1 saturated carbocycles. The van der Waals surface area contributed by atoms with Crippen LogP contribution in [0.2, 0.25) is 0 Å². The SMILES string of the molecule is OCCc1ccc(C2CCCCC2)c(/C=C/[N]=[Pt])c1. The van der Waals surface area contributed by atoms with E-state index in [2.05, 4.69) is 27.8 Å². The fourth-order valence-corrected chi connectivity index (χ4v) is 3.11. The van der Waals surface area contributed by atoms with Crippen LogP contribution in [-0.4, -0.2) is 11.7 Å². The molecule has 19 heavy (non-hydrogen) atoms. The summed E-state index contributed by atoms with van der Waals surface area (Å²) in [5.74, 6) is 0.700. The quantitative estimate of drug-likeness (QED) is 0.742. The molecule has 0 amide bonds. The molecule has 1 aliphatic rings. The third-order valence-corrected chi connectivity index (χ3v) is 4.24. The minimum atomic E-state index is 0.211. The van der Waals surface area contributed by atoms with Crippen molar-refractivity contribution in [2.24, 2.45) is 3.50 Å². The number of hydrogen-bond donors (Lipinski definition) is 1. The number of rotatable bonds is 5. The van der Waals surface area contributed by atoms with Crippen LogP contribution in [0.25, 0.3) is 6.08 Å². The van der Waals surface area contributed by atoms with E-state index in [1.807, 2.05) is 25.8 Å². The molecule has 0 aromatic heterocycles. The van der Waals surface area contributed by atoms with E-state index >= 15 is 0 Å². The number of nitrogens with zero attached hydrogens (tertiary/aromatic N) is 1. The van der Waals surface area contributed by atoms with Gasteiger partial charge < -0.3 is 0 Å². The van der Waals surface area contributed by atoms with E-state index in [1.54, 1.807) is 0 Å². The van der Waals surface area contributed by atoms with Crippen LogP contribution in [0.4, 0.5) is 0 Å². The Balaban J connectivity index is 2.28. The van der Waals surface area contributed by atoms with E-state index in [0.717, 1.165) is 6.42 Å². The standard InChI is InChI=1S/C16H21NO.Pt/c17-10-8-15-12-13(9-11-18)6-7-16(15)14-4-2-1-3-5-14;/h6-8,10,12,14,18H,1-5,9,11H2;/b10-8+;. The maximum absolute atomic E-state index is 9.07. The van der Waals surface area contributed by atoms with Crippen LogP contribution < -0.4 is 0 Å². The first-order valence-corrected chi connectivity index (χ1v) is 8.05. The van der Waals surface area contributed by atoms with Gasteiger partial charge in [-0.2, -0.15) is 0 Å². The third kappa shape index (κ3) is 4.19. The first-order chi connectivity index (χ1) is 9.35. The predicted octanol–water partition coefficient (Wildman–Crippen LogP) is 3.97. The van der Waals surface area contributed by atoms with Crippen LogP contribution in [-0.2, 0) is 26.1 Å². The summed E-state index contributed by atoms with van der Waals surface area (Å²) in [6.45, 7) is 0.211. The Morgan fingerprint density at radius 1 is 1.26 bits per heavy atom. The predicted molar refractivity (Wildman–Crippen MR) is 74.5 cm³/mol. The van der Waals surface area contributed by atoms with Crippen molar-refractivity contribution < 1.29 is 24.7 Å². The van der Waals surface area contributed by atoms with Crippen LogP contribution in [0.1, 0.15) is 54.7 Å². The second kappa shape index (κ2) is 7.87. The monoisotopic (exact) mass is 438 g/mol. The zero-order valence-electron chi connectivity index (χ0n) is 11.1. The maximum atomic E-state index is 9.07. The molecule has 1 fully saturated rings. The summed E-state index contributed by atoms with van der Waals surface area (Å²) in [5, 5.41) is 9.07. The van der Waals surface area contributed by atoms with E-state index in [9.17, 15) is 0 Å². The molecule has 0 unspecified atom stereocenters. The molecule has 1 aliphatic carbocycles. The number of hydrogen-bond acceptors (Lipinski definition) is 2. The minimum absolute atomic E-state index is 0.211. The first kappa shape index (κ1) is 14.8. The van der Waals surface area contributed by atoms with Gasteiger partial charge in [0.15, 0.2) is 0 Å². The van der Waals surface area contributed by atoms with Gasteiger partial charge in [0.25, 0.3) is 0 Å². The zero-order valence-corrected chi connectivity index (χ0v) is 13.4. The summed E-state index contributed by atoms with van der Waals surface area (Å²) in [5.41, 5.74) is 3.94. The van der Waals surface area contributed by atoms with E-state index in [4.69, 9.17) is 5.11 Å². The van der Waals surface area contributed by atoms with Crippen LogP contribution in [0, 0.1) is 0 Å². The van der Waals surface area contributed by atoms with Crippen molar-refractivity contribution in [3.63, 3.8) is 0 Å². The van der Waals surface area contributed by atoms with Crippen molar-refractivity contribution in [1.82, 2.24) is 0 Å². The molecule has 0 aliphatic heterocycles. The number of aliphatic hydroxyl groups excluding tert-OH is 1. The molecule has 1 aromatic carbocycles. The van der Waals surface area contributed by atoms with Gasteiger partial charge in [-0.3, -0.25) is 0 Å². The topological polar surface area (TPSA) is 32.6 Å². The molecule has 1 aromatic rings. The Morgan fingerprint density at radius 3 is 2.74 bits per heavy atom. The molecular formula is C16H21NOPt. The zero-order chi connectivity index (χ0) is 13.5. The molecule has 3 heteroatoms. The molecule has 0 heterocycles. The van der Waals surface area contributed by atoms with Gasteiger partial charge in [-0.05, 0) is 0 Å². The fraction of sp³-hybridized carbons (Fsp3) is 0.500. The molecule has 1 N–H and O–H groups in total. The van der Waals surface area contributed by atoms with Crippen LogP contribution >= 0.6 is 0 Å². The average Bonchev–Trinajstić information content (AvgIpc) is 2.46. The average molecular weight is 438 g/mol. The summed E-state index contributed by atoms with van der Waals surface area (Å²) < 4.78 is 4.04. The molecule has 0 saturated heterocycles. The van der Waals surface area contributed by atoms with Crippen molar-refractivity contribution in [3.8, 4) is 0 Å². The van der Waals surface area contributed by atoms with Gasteiger partial charge in [0.05, 0.1) is 0 Å². The van der Waals surface area contributed by atoms with Gasteiger partial charge in [-0.15, -0.1) is 0 Å². The third-order valence-electron chi connectivity index (χ3n) is 3.90. The summed E-state index contributed by atoms with van der Waals surface area (Å²) in [6, 6.07) is 6.63. The molecule has 2 rings (SSSR count). The molecule has 106 valence electrons. The second-order valence-corrected chi connectivity index (χ2v) is 5.76. The number of benzene rings is 1. The van der Waals surface area contributed by atoms with Crippen molar-refractivity contribution in [2.45, 2.75) is 44.4 Å². The summed E-state index contributed by atoms with van der Waals surface area (Å²) in [6.07, 6.45) is 11.4. The van der Waals surface area contributed by atoms with Gasteiger partial charge in [0, 0.05) is 0 Å². The van der Waals surface area contributed by atoms with Crippen molar-refractivity contribution in [2.75, 3.05) is 6.61 Å². The van der Waals surface area contributed by atoms with Gasteiger partial charge in [0.1, 0.15) is 0 Å². The first-order valence-electron chi connectivity index (χ1n) is 7.03. The molecule has 2 nitrogen and oxygen atoms in total.